The summed E-state index contributed by atoms with van der Waals surface area (Å²) in [4.78, 5) is 9.47. The normalized spacial score (nSPS) is 11.8. The number of rotatable bonds is 3. The van der Waals surface area contributed by atoms with Crippen molar-refractivity contribution in [2.45, 2.75) is 13.2 Å². The summed E-state index contributed by atoms with van der Waals surface area (Å²) in [5, 5.41) is 8.30. The van der Waals surface area contributed by atoms with Crippen LogP contribution in [0.25, 0.3) is 0 Å². The van der Waals surface area contributed by atoms with Crippen LogP contribution in [0.1, 0.15) is 6.92 Å². The Morgan fingerprint density at radius 3 is 2.50 bits per heavy atom. The molecule has 0 aromatic heterocycles. The van der Waals surface area contributed by atoms with E-state index in [1.54, 1.807) is 0 Å². The molecule has 0 rings (SSSR count). The number of aldehydes is 1. The Morgan fingerprint density at radius 2 is 2.38 bits per heavy atom. The van der Waals surface area contributed by atoms with Gasteiger partial charge in [0.25, 0.3) is 0 Å². The van der Waals surface area contributed by atoms with Gasteiger partial charge in [0.15, 0.2) is 6.29 Å². The Morgan fingerprint density at radius 1 is 1.88 bits per heavy atom. The van der Waals surface area contributed by atoms with Crippen LogP contribution in [0.5, 0.6) is 0 Å². The van der Waals surface area contributed by atoms with E-state index in [0.29, 0.717) is 6.29 Å². The molecular weight excluding hydrogens is 119 g/mol. The number of carbonyl (C=O) groups excluding carboxylic acids is 1. The van der Waals surface area contributed by atoms with Gasteiger partial charge < -0.3 is 14.6 Å². The van der Waals surface area contributed by atoms with Crippen molar-refractivity contribution >= 4 is 35.8 Å². The number of aliphatic hydroxyl groups excluding tert-OH is 1. The maximum atomic E-state index is 9.47. The van der Waals surface area contributed by atoms with E-state index in [2.05, 4.69) is 4.74 Å². The third-order valence-electron chi connectivity index (χ3n) is 0.405. The van der Waals surface area contributed by atoms with Gasteiger partial charge in [-0.05, 0) is 6.92 Å². The molecule has 3 nitrogen and oxygen atoms in total. The molecule has 0 bridgehead atoms. The number of hydrogen-bond acceptors (Lipinski definition) is 3. The van der Waals surface area contributed by atoms with Crippen LogP contribution >= 0.6 is 0 Å². The summed E-state index contributed by atoms with van der Waals surface area (Å²) in [6, 6.07) is 0. The summed E-state index contributed by atoms with van der Waals surface area (Å²) in [5.74, 6) is 0. The van der Waals surface area contributed by atoms with Crippen molar-refractivity contribution in [2.24, 2.45) is 0 Å². The molecule has 0 saturated heterocycles. The predicted molar refractivity (Wildman–Crippen MR) is 30.8 cm³/mol. The third-order valence-corrected chi connectivity index (χ3v) is 0.405. The monoisotopic (exact) mass is 128 g/mol. The summed E-state index contributed by atoms with van der Waals surface area (Å²) in [6.07, 6.45) is -0.239. The molecule has 1 atom stereocenters. The third kappa shape index (κ3) is 9.77. The Labute approximate surface area is 70.3 Å². The molecular formula is C4H9NaO3. The van der Waals surface area contributed by atoms with Gasteiger partial charge in [-0.1, -0.05) is 0 Å². The van der Waals surface area contributed by atoms with Gasteiger partial charge in [0, 0.05) is 0 Å². The zero-order chi connectivity index (χ0) is 5.70. The number of ether oxygens (including phenoxy) is 1. The molecule has 0 saturated carbocycles. The Kier molecular flexibility index (Phi) is 10.8. The van der Waals surface area contributed by atoms with Crippen molar-refractivity contribution in [1.82, 2.24) is 0 Å². The molecule has 1 N–H and O–H groups in total. The van der Waals surface area contributed by atoms with Crippen LogP contribution in [0.15, 0.2) is 0 Å². The van der Waals surface area contributed by atoms with E-state index >= 15 is 0 Å². The maximum absolute atomic E-state index is 9.47. The van der Waals surface area contributed by atoms with Crippen molar-refractivity contribution in [1.29, 1.82) is 0 Å². The average molecular weight is 128 g/mol. The van der Waals surface area contributed by atoms with Gasteiger partial charge >= 0.3 is 29.6 Å². The van der Waals surface area contributed by atoms with Crippen LogP contribution in [0.4, 0.5) is 0 Å². The molecule has 0 aromatic rings. The summed E-state index contributed by atoms with van der Waals surface area (Å²) >= 11 is 0. The molecule has 0 fully saturated rings. The van der Waals surface area contributed by atoms with Crippen molar-refractivity contribution in [3.05, 3.63) is 0 Å². The molecule has 1 unspecified atom stereocenters. The first kappa shape index (κ1) is 11.4. The second-order valence-corrected chi connectivity index (χ2v) is 1.10. The standard InChI is InChI=1S/C4H8O3.Na.H/c1-4(6)7-3-2-5;;/h2,4,6H,3H2,1H3;;. The molecule has 0 aliphatic rings. The van der Waals surface area contributed by atoms with E-state index in [-0.39, 0.29) is 36.2 Å². The van der Waals surface area contributed by atoms with Crippen molar-refractivity contribution in [3.63, 3.8) is 0 Å². The number of aliphatic hydroxyl groups is 1. The first-order valence-electron chi connectivity index (χ1n) is 2.00. The zero-order valence-corrected chi connectivity index (χ0v) is 4.13. The van der Waals surface area contributed by atoms with E-state index in [9.17, 15) is 4.79 Å². The van der Waals surface area contributed by atoms with E-state index in [1.807, 2.05) is 0 Å². The first-order chi connectivity index (χ1) is 3.27. The molecule has 0 amide bonds. The molecule has 0 aliphatic carbocycles. The van der Waals surface area contributed by atoms with E-state index in [4.69, 9.17) is 5.11 Å². The molecule has 0 heterocycles. The van der Waals surface area contributed by atoms with Crippen LogP contribution in [-0.2, 0) is 9.53 Å². The fourth-order valence-corrected chi connectivity index (χ4v) is 0.179. The Balaban J connectivity index is 0. The van der Waals surface area contributed by atoms with Crippen molar-refractivity contribution in [3.8, 4) is 0 Å². The van der Waals surface area contributed by atoms with Gasteiger partial charge in [0.2, 0.25) is 0 Å². The van der Waals surface area contributed by atoms with Crippen LogP contribution in [0, 0.1) is 0 Å². The fraction of sp³-hybridized carbons (Fsp3) is 0.750. The van der Waals surface area contributed by atoms with Crippen LogP contribution in [0.3, 0.4) is 0 Å². The van der Waals surface area contributed by atoms with Gasteiger partial charge in [0.05, 0.1) is 0 Å². The van der Waals surface area contributed by atoms with Crippen LogP contribution < -0.4 is 0 Å². The van der Waals surface area contributed by atoms with Gasteiger partial charge in [-0.25, -0.2) is 0 Å². The van der Waals surface area contributed by atoms with Gasteiger partial charge in [-0.2, -0.15) is 0 Å². The quantitative estimate of drug-likeness (QED) is 0.298. The molecule has 0 radical (unpaired) electrons. The minimum absolute atomic E-state index is 0. The zero-order valence-electron chi connectivity index (χ0n) is 4.13. The number of carbonyl (C=O) groups is 1. The van der Waals surface area contributed by atoms with Crippen molar-refractivity contribution in [2.75, 3.05) is 6.61 Å². The fourth-order valence-electron chi connectivity index (χ4n) is 0.179. The van der Waals surface area contributed by atoms with E-state index in [1.165, 1.54) is 6.92 Å². The van der Waals surface area contributed by atoms with Crippen LogP contribution in [0.2, 0.25) is 0 Å². The summed E-state index contributed by atoms with van der Waals surface area (Å²) in [6.45, 7) is 1.42. The van der Waals surface area contributed by atoms with E-state index in [0.717, 1.165) is 0 Å². The van der Waals surface area contributed by atoms with E-state index < -0.39 is 6.29 Å². The molecule has 44 valence electrons. The second kappa shape index (κ2) is 7.59. The first-order valence-corrected chi connectivity index (χ1v) is 2.00. The molecule has 4 heteroatoms. The predicted octanol–water partition coefficient (Wildman–Crippen LogP) is -1.11. The summed E-state index contributed by atoms with van der Waals surface area (Å²) in [7, 11) is 0. The SMILES string of the molecule is CC(O)OCC=O.[NaH]. The van der Waals surface area contributed by atoms with Crippen molar-refractivity contribution < 1.29 is 14.6 Å². The molecule has 0 aromatic carbocycles. The van der Waals surface area contributed by atoms with Gasteiger partial charge in [-0.15, -0.1) is 0 Å². The second-order valence-electron chi connectivity index (χ2n) is 1.10. The Hall–Kier alpha value is 0.590. The number of hydrogen-bond donors (Lipinski definition) is 1. The minimum atomic E-state index is -0.829. The average Bonchev–Trinajstić information content (AvgIpc) is 1.61. The molecule has 0 spiro atoms. The molecule has 8 heavy (non-hydrogen) atoms. The topological polar surface area (TPSA) is 46.5 Å². The molecule has 0 aliphatic heterocycles. The summed E-state index contributed by atoms with van der Waals surface area (Å²) in [5.41, 5.74) is 0. The van der Waals surface area contributed by atoms with Crippen LogP contribution in [-0.4, -0.2) is 53.8 Å². The summed E-state index contributed by atoms with van der Waals surface area (Å²) < 4.78 is 4.38. The Bertz CT molecular complexity index is 55.2. The van der Waals surface area contributed by atoms with Gasteiger partial charge in [-0.3, -0.25) is 0 Å². The van der Waals surface area contributed by atoms with Gasteiger partial charge in [0.1, 0.15) is 12.9 Å².